The molecule has 1 aromatic rings. The predicted molar refractivity (Wildman–Crippen MR) is 51.2 cm³/mol. The molecule has 0 saturated carbocycles. The van der Waals surface area contributed by atoms with Crippen molar-refractivity contribution in [2.24, 2.45) is 5.73 Å². The Balaban J connectivity index is 2.53. The number of aromatic nitrogens is 3. The molecule has 1 rings (SSSR count). The normalized spacial score (nSPS) is 11.8. The van der Waals surface area contributed by atoms with E-state index >= 15 is 0 Å². The molecule has 0 aromatic carbocycles. The number of amides is 1. The van der Waals surface area contributed by atoms with Gasteiger partial charge in [-0.05, 0) is 6.42 Å². The molecule has 0 fully saturated rings. The highest BCUT2D eigenvalue weighted by Gasteiger charge is 2.12. The topological polar surface area (TPSA) is 93.8 Å². The first-order chi connectivity index (χ1) is 6.74. The standard InChI is InChI=1S/C8H11N5O/c1-2-3-6(9)7(14)12-8-10-4-5-11-13-8/h2,4-6H,1,3,9H2,(H,10,12,13,14). The summed E-state index contributed by atoms with van der Waals surface area (Å²) in [5.41, 5.74) is 5.52. The van der Waals surface area contributed by atoms with Gasteiger partial charge in [-0.25, -0.2) is 4.98 Å². The van der Waals surface area contributed by atoms with Crippen LogP contribution in [0.1, 0.15) is 6.42 Å². The van der Waals surface area contributed by atoms with E-state index in [2.05, 4.69) is 27.1 Å². The maximum Gasteiger partial charge on any atom is 0.249 e. The summed E-state index contributed by atoms with van der Waals surface area (Å²) in [5.74, 6) is -0.199. The molecule has 6 nitrogen and oxygen atoms in total. The van der Waals surface area contributed by atoms with Crippen molar-refractivity contribution in [1.82, 2.24) is 15.2 Å². The highest BCUT2D eigenvalue weighted by molar-refractivity contribution is 5.93. The zero-order chi connectivity index (χ0) is 10.4. The second kappa shape index (κ2) is 5.03. The lowest BCUT2D eigenvalue weighted by molar-refractivity contribution is -0.117. The first-order valence-electron chi connectivity index (χ1n) is 4.05. The molecule has 1 heterocycles. The summed E-state index contributed by atoms with van der Waals surface area (Å²) >= 11 is 0. The van der Waals surface area contributed by atoms with Crippen molar-refractivity contribution in [2.75, 3.05) is 5.32 Å². The molecular formula is C8H11N5O. The first-order valence-corrected chi connectivity index (χ1v) is 4.05. The van der Waals surface area contributed by atoms with Gasteiger partial charge in [-0.15, -0.1) is 11.7 Å². The van der Waals surface area contributed by atoms with E-state index in [1.807, 2.05) is 0 Å². The second-order valence-electron chi connectivity index (χ2n) is 2.59. The lowest BCUT2D eigenvalue weighted by atomic mass is 10.2. The van der Waals surface area contributed by atoms with Crippen LogP contribution in [0.4, 0.5) is 5.95 Å². The second-order valence-corrected chi connectivity index (χ2v) is 2.59. The van der Waals surface area contributed by atoms with E-state index < -0.39 is 6.04 Å². The summed E-state index contributed by atoms with van der Waals surface area (Å²) < 4.78 is 0. The Morgan fingerprint density at radius 1 is 1.71 bits per heavy atom. The minimum atomic E-state index is -0.628. The van der Waals surface area contributed by atoms with Crippen LogP contribution in [0.2, 0.25) is 0 Å². The molecule has 0 aliphatic rings. The Bertz CT molecular complexity index is 313. The minimum Gasteiger partial charge on any atom is -0.320 e. The van der Waals surface area contributed by atoms with Crippen LogP contribution in [0, 0.1) is 0 Å². The molecule has 14 heavy (non-hydrogen) atoms. The molecule has 6 heteroatoms. The summed E-state index contributed by atoms with van der Waals surface area (Å²) in [6, 6.07) is -0.628. The van der Waals surface area contributed by atoms with Gasteiger partial charge >= 0.3 is 0 Å². The number of hydrogen-bond donors (Lipinski definition) is 2. The molecule has 1 amide bonds. The molecule has 74 valence electrons. The fourth-order valence-corrected chi connectivity index (χ4v) is 0.794. The van der Waals surface area contributed by atoms with E-state index in [1.165, 1.54) is 12.4 Å². The molecular weight excluding hydrogens is 182 g/mol. The summed E-state index contributed by atoms with van der Waals surface area (Å²) in [6.07, 6.45) is 4.83. The van der Waals surface area contributed by atoms with Crippen LogP contribution in [-0.2, 0) is 4.79 Å². The third-order valence-corrected chi connectivity index (χ3v) is 1.47. The lowest BCUT2D eigenvalue weighted by Crippen LogP contribution is -2.35. The summed E-state index contributed by atoms with van der Waals surface area (Å²) in [6.45, 7) is 3.49. The van der Waals surface area contributed by atoms with Gasteiger partial charge in [0.2, 0.25) is 11.9 Å². The van der Waals surface area contributed by atoms with Gasteiger partial charge in [0.05, 0.1) is 18.4 Å². The average Bonchev–Trinajstić information content (AvgIpc) is 2.19. The quantitative estimate of drug-likeness (QED) is 0.641. The van der Waals surface area contributed by atoms with Gasteiger partial charge in [0.25, 0.3) is 0 Å². The molecule has 0 saturated heterocycles. The third kappa shape index (κ3) is 2.91. The van der Waals surface area contributed by atoms with Gasteiger partial charge in [0.1, 0.15) is 0 Å². The Labute approximate surface area is 81.2 Å². The summed E-state index contributed by atoms with van der Waals surface area (Å²) in [4.78, 5) is 15.1. The fourth-order valence-electron chi connectivity index (χ4n) is 0.794. The monoisotopic (exact) mass is 193 g/mol. The number of nitrogens with one attached hydrogen (secondary N) is 1. The minimum absolute atomic E-state index is 0.150. The van der Waals surface area contributed by atoms with Crippen LogP contribution in [-0.4, -0.2) is 27.1 Å². The largest absolute Gasteiger partial charge is 0.320 e. The van der Waals surface area contributed by atoms with E-state index in [9.17, 15) is 4.79 Å². The van der Waals surface area contributed by atoms with Crippen LogP contribution < -0.4 is 11.1 Å². The highest BCUT2D eigenvalue weighted by Crippen LogP contribution is 1.96. The van der Waals surface area contributed by atoms with Crippen LogP contribution in [0.15, 0.2) is 25.0 Å². The van der Waals surface area contributed by atoms with Gasteiger partial charge in [-0.3, -0.25) is 10.1 Å². The van der Waals surface area contributed by atoms with Gasteiger partial charge in [0, 0.05) is 0 Å². The maximum absolute atomic E-state index is 11.3. The van der Waals surface area contributed by atoms with E-state index in [0.29, 0.717) is 6.42 Å². The summed E-state index contributed by atoms with van der Waals surface area (Å²) in [5, 5.41) is 9.57. The third-order valence-electron chi connectivity index (χ3n) is 1.47. The fraction of sp³-hybridized carbons (Fsp3) is 0.250. The van der Waals surface area contributed by atoms with Crippen molar-refractivity contribution in [3.63, 3.8) is 0 Å². The molecule has 1 atom stereocenters. The maximum atomic E-state index is 11.3. The van der Waals surface area contributed by atoms with Crippen molar-refractivity contribution in [3.05, 3.63) is 25.0 Å². The average molecular weight is 193 g/mol. The Morgan fingerprint density at radius 3 is 3.07 bits per heavy atom. The van der Waals surface area contributed by atoms with E-state index in [0.717, 1.165) is 0 Å². The molecule has 3 N–H and O–H groups in total. The molecule has 0 aliphatic carbocycles. The van der Waals surface area contributed by atoms with Crippen LogP contribution >= 0.6 is 0 Å². The molecule has 0 bridgehead atoms. The molecule has 0 spiro atoms. The van der Waals surface area contributed by atoms with Gasteiger partial charge in [0.15, 0.2) is 0 Å². The number of hydrogen-bond acceptors (Lipinski definition) is 5. The molecule has 0 aliphatic heterocycles. The number of carbonyl (C=O) groups excluding carboxylic acids is 1. The Kier molecular flexibility index (Phi) is 3.69. The van der Waals surface area contributed by atoms with E-state index in [4.69, 9.17) is 5.73 Å². The Hall–Kier alpha value is -1.82. The Morgan fingerprint density at radius 2 is 2.50 bits per heavy atom. The first kappa shape index (κ1) is 10.3. The van der Waals surface area contributed by atoms with Crippen LogP contribution in [0.3, 0.4) is 0 Å². The number of carbonyl (C=O) groups is 1. The lowest BCUT2D eigenvalue weighted by Gasteiger charge is -2.07. The number of rotatable bonds is 4. The van der Waals surface area contributed by atoms with E-state index in [1.54, 1.807) is 6.08 Å². The summed E-state index contributed by atoms with van der Waals surface area (Å²) in [7, 11) is 0. The smallest absolute Gasteiger partial charge is 0.249 e. The molecule has 1 unspecified atom stereocenters. The van der Waals surface area contributed by atoms with Gasteiger partial charge < -0.3 is 5.73 Å². The number of nitrogens with zero attached hydrogens (tertiary/aromatic N) is 3. The van der Waals surface area contributed by atoms with Crippen molar-refractivity contribution in [1.29, 1.82) is 0 Å². The zero-order valence-corrected chi connectivity index (χ0v) is 7.55. The molecule has 0 radical (unpaired) electrons. The van der Waals surface area contributed by atoms with Gasteiger partial charge in [-0.2, -0.15) is 5.10 Å². The van der Waals surface area contributed by atoms with Crippen LogP contribution in [0.5, 0.6) is 0 Å². The van der Waals surface area contributed by atoms with Crippen molar-refractivity contribution >= 4 is 11.9 Å². The highest BCUT2D eigenvalue weighted by atomic mass is 16.2. The van der Waals surface area contributed by atoms with Crippen LogP contribution in [0.25, 0.3) is 0 Å². The number of nitrogens with two attached hydrogens (primary N) is 1. The van der Waals surface area contributed by atoms with Gasteiger partial charge in [-0.1, -0.05) is 6.08 Å². The van der Waals surface area contributed by atoms with E-state index in [-0.39, 0.29) is 11.9 Å². The van der Waals surface area contributed by atoms with Crippen molar-refractivity contribution in [3.8, 4) is 0 Å². The molecule has 1 aromatic heterocycles. The van der Waals surface area contributed by atoms with Crippen molar-refractivity contribution < 1.29 is 4.79 Å². The SMILES string of the molecule is C=CCC(N)C(=O)Nc1nccnn1. The number of anilines is 1. The van der Waals surface area contributed by atoms with Crippen molar-refractivity contribution in [2.45, 2.75) is 12.5 Å². The zero-order valence-electron chi connectivity index (χ0n) is 7.55. The predicted octanol–water partition coefficient (Wildman–Crippen LogP) is -0.287.